The summed E-state index contributed by atoms with van der Waals surface area (Å²) in [7, 11) is 0. The van der Waals surface area contributed by atoms with Crippen LogP contribution in [0.2, 0.25) is 0 Å². The third kappa shape index (κ3) is 2.98. The van der Waals surface area contributed by atoms with Crippen LogP contribution in [0, 0.1) is 0 Å². The third-order valence-corrected chi connectivity index (χ3v) is 4.35. The normalized spacial score (nSPS) is 22.8. The minimum absolute atomic E-state index is 0.308. The predicted molar refractivity (Wildman–Crippen MR) is 75.0 cm³/mol. The van der Waals surface area contributed by atoms with Gasteiger partial charge in [-0.2, -0.15) is 0 Å². The second-order valence-corrected chi connectivity index (χ2v) is 5.85. The number of nitrogens with zero attached hydrogens (tertiary/aromatic N) is 3. The van der Waals surface area contributed by atoms with Crippen molar-refractivity contribution in [1.82, 2.24) is 25.4 Å². The molecule has 1 atom stereocenters. The molecule has 106 valence electrons. The first-order chi connectivity index (χ1) is 9.34. The highest BCUT2D eigenvalue weighted by atomic mass is 15.3. The van der Waals surface area contributed by atoms with E-state index in [1.807, 2.05) is 0 Å². The van der Waals surface area contributed by atoms with Crippen LogP contribution < -0.4 is 10.6 Å². The fourth-order valence-electron chi connectivity index (χ4n) is 3.24. The minimum atomic E-state index is 0.308. The van der Waals surface area contributed by atoms with Crippen LogP contribution in [0.15, 0.2) is 0 Å². The molecule has 2 aliphatic rings. The average molecular weight is 263 g/mol. The molecule has 3 rings (SSSR count). The van der Waals surface area contributed by atoms with Gasteiger partial charge < -0.3 is 15.2 Å². The van der Waals surface area contributed by atoms with Gasteiger partial charge in [0.05, 0.1) is 6.04 Å². The second-order valence-electron chi connectivity index (χ2n) is 5.85. The summed E-state index contributed by atoms with van der Waals surface area (Å²) in [5.74, 6) is 2.32. The maximum absolute atomic E-state index is 4.44. The number of aryl methyl sites for hydroxylation is 1. The van der Waals surface area contributed by atoms with Crippen LogP contribution in [0.4, 0.5) is 0 Å². The molecular formula is C14H25N5. The number of nitrogens with one attached hydrogen (secondary N) is 2. The van der Waals surface area contributed by atoms with E-state index in [9.17, 15) is 0 Å². The Morgan fingerprint density at radius 3 is 2.89 bits per heavy atom. The van der Waals surface area contributed by atoms with Gasteiger partial charge in [-0.05, 0) is 45.7 Å². The summed E-state index contributed by atoms with van der Waals surface area (Å²) >= 11 is 0. The molecule has 1 fully saturated rings. The molecule has 1 unspecified atom stereocenters. The van der Waals surface area contributed by atoms with E-state index in [0.29, 0.717) is 12.1 Å². The molecule has 0 bridgehead atoms. The molecule has 0 saturated carbocycles. The van der Waals surface area contributed by atoms with Gasteiger partial charge in [-0.15, -0.1) is 10.2 Å². The van der Waals surface area contributed by atoms with Gasteiger partial charge in [0.1, 0.15) is 11.6 Å². The maximum Gasteiger partial charge on any atom is 0.149 e. The number of piperidine rings is 1. The quantitative estimate of drug-likeness (QED) is 0.866. The van der Waals surface area contributed by atoms with Gasteiger partial charge in [-0.3, -0.25) is 0 Å². The summed E-state index contributed by atoms with van der Waals surface area (Å²) in [5.41, 5.74) is 0. The van der Waals surface area contributed by atoms with Gasteiger partial charge in [0, 0.05) is 19.0 Å². The Morgan fingerprint density at radius 1 is 1.21 bits per heavy atom. The first-order valence-corrected chi connectivity index (χ1v) is 7.73. The smallest absolute Gasteiger partial charge is 0.149 e. The summed E-state index contributed by atoms with van der Waals surface area (Å²) in [6.07, 6.45) is 7.36. The zero-order chi connectivity index (χ0) is 13.1. The molecular weight excluding hydrogens is 238 g/mol. The topological polar surface area (TPSA) is 54.8 Å². The van der Waals surface area contributed by atoms with Crippen molar-refractivity contribution in [1.29, 1.82) is 0 Å². The van der Waals surface area contributed by atoms with Crippen molar-refractivity contribution in [3.8, 4) is 0 Å². The number of rotatable bonds is 3. The van der Waals surface area contributed by atoms with E-state index in [0.717, 1.165) is 31.9 Å². The second kappa shape index (κ2) is 6.01. The highest BCUT2D eigenvalue weighted by Crippen LogP contribution is 2.19. The van der Waals surface area contributed by atoms with Gasteiger partial charge in [0.15, 0.2) is 0 Å². The fourth-order valence-corrected chi connectivity index (χ4v) is 3.24. The Bertz CT molecular complexity index is 408. The molecule has 0 radical (unpaired) electrons. The highest BCUT2D eigenvalue weighted by molar-refractivity contribution is 5.02. The largest absolute Gasteiger partial charge is 0.317 e. The van der Waals surface area contributed by atoms with Gasteiger partial charge in [-0.25, -0.2) is 0 Å². The highest BCUT2D eigenvalue weighted by Gasteiger charge is 2.22. The van der Waals surface area contributed by atoms with Crippen LogP contribution in [0.3, 0.4) is 0 Å². The molecule has 5 nitrogen and oxygen atoms in total. The van der Waals surface area contributed by atoms with Crippen LogP contribution in [0.5, 0.6) is 0 Å². The Labute approximate surface area is 115 Å². The zero-order valence-electron chi connectivity index (χ0n) is 11.9. The lowest BCUT2D eigenvalue weighted by Crippen LogP contribution is -2.41. The van der Waals surface area contributed by atoms with Crippen molar-refractivity contribution in [3.05, 3.63) is 11.6 Å². The monoisotopic (exact) mass is 263 g/mol. The summed E-state index contributed by atoms with van der Waals surface area (Å²) < 4.78 is 2.35. The SMILES string of the molecule is CC(NC1CCNCC1)c1nnc2n1CCCCC2. The molecule has 1 aromatic heterocycles. The van der Waals surface area contributed by atoms with E-state index in [4.69, 9.17) is 0 Å². The molecule has 2 aliphatic heterocycles. The van der Waals surface area contributed by atoms with Gasteiger partial charge in [0.25, 0.3) is 0 Å². The van der Waals surface area contributed by atoms with Crippen LogP contribution in [-0.4, -0.2) is 33.9 Å². The Kier molecular flexibility index (Phi) is 4.13. The Balaban J connectivity index is 1.68. The lowest BCUT2D eigenvalue weighted by molar-refractivity contribution is 0.348. The van der Waals surface area contributed by atoms with Crippen molar-refractivity contribution in [2.45, 2.75) is 64.1 Å². The van der Waals surface area contributed by atoms with E-state index in [1.165, 1.54) is 37.9 Å². The molecule has 0 aromatic carbocycles. The molecule has 19 heavy (non-hydrogen) atoms. The van der Waals surface area contributed by atoms with E-state index in [2.05, 4.69) is 32.3 Å². The Morgan fingerprint density at radius 2 is 2.05 bits per heavy atom. The van der Waals surface area contributed by atoms with Crippen molar-refractivity contribution in [3.63, 3.8) is 0 Å². The van der Waals surface area contributed by atoms with Gasteiger partial charge >= 0.3 is 0 Å². The van der Waals surface area contributed by atoms with Crippen molar-refractivity contribution >= 4 is 0 Å². The van der Waals surface area contributed by atoms with Crippen molar-refractivity contribution in [2.24, 2.45) is 0 Å². The molecule has 1 aromatic rings. The van der Waals surface area contributed by atoms with Crippen LogP contribution >= 0.6 is 0 Å². The third-order valence-electron chi connectivity index (χ3n) is 4.35. The van der Waals surface area contributed by atoms with E-state index < -0.39 is 0 Å². The standard InChI is InChI=1S/C14H25N5/c1-11(16-12-6-8-15-9-7-12)14-18-17-13-5-3-2-4-10-19(13)14/h11-12,15-16H,2-10H2,1H3. The van der Waals surface area contributed by atoms with E-state index in [1.54, 1.807) is 0 Å². The molecule has 1 saturated heterocycles. The number of fused-ring (bicyclic) bond motifs is 1. The fraction of sp³-hybridized carbons (Fsp3) is 0.857. The molecule has 2 N–H and O–H groups in total. The summed E-state index contributed by atoms with van der Waals surface area (Å²) in [6.45, 7) is 5.57. The number of hydrogen-bond donors (Lipinski definition) is 2. The molecule has 0 spiro atoms. The number of aromatic nitrogens is 3. The molecule has 3 heterocycles. The van der Waals surface area contributed by atoms with Crippen molar-refractivity contribution in [2.75, 3.05) is 13.1 Å². The molecule has 5 heteroatoms. The van der Waals surface area contributed by atoms with Gasteiger partial charge in [-0.1, -0.05) is 6.42 Å². The summed E-state index contributed by atoms with van der Waals surface area (Å²) in [6, 6.07) is 0.928. The maximum atomic E-state index is 4.44. The van der Waals surface area contributed by atoms with Crippen LogP contribution in [0.25, 0.3) is 0 Å². The zero-order valence-corrected chi connectivity index (χ0v) is 11.9. The average Bonchev–Trinajstić information content (AvgIpc) is 2.69. The first-order valence-electron chi connectivity index (χ1n) is 7.73. The lowest BCUT2D eigenvalue weighted by atomic mass is 10.1. The number of hydrogen-bond acceptors (Lipinski definition) is 4. The van der Waals surface area contributed by atoms with E-state index >= 15 is 0 Å². The van der Waals surface area contributed by atoms with Crippen molar-refractivity contribution < 1.29 is 0 Å². The van der Waals surface area contributed by atoms with Crippen LogP contribution in [0.1, 0.15) is 56.7 Å². The van der Waals surface area contributed by atoms with Crippen LogP contribution in [-0.2, 0) is 13.0 Å². The molecule has 0 amide bonds. The summed E-state index contributed by atoms with van der Waals surface area (Å²) in [4.78, 5) is 0. The Hall–Kier alpha value is -0.940. The lowest BCUT2D eigenvalue weighted by Gasteiger charge is -2.27. The van der Waals surface area contributed by atoms with E-state index in [-0.39, 0.29) is 0 Å². The summed E-state index contributed by atoms with van der Waals surface area (Å²) in [5, 5.41) is 16.0. The predicted octanol–water partition coefficient (Wildman–Crippen LogP) is 1.41. The van der Waals surface area contributed by atoms with Gasteiger partial charge in [0.2, 0.25) is 0 Å². The molecule has 0 aliphatic carbocycles. The first kappa shape index (κ1) is 13.1. The minimum Gasteiger partial charge on any atom is -0.317 e.